The van der Waals surface area contributed by atoms with Crippen LogP contribution in [0, 0.1) is 39.0 Å². The van der Waals surface area contributed by atoms with E-state index in [1.807, 2.05) is 33.8 Å². The topological polar surface area (TPSA) is 239 Å². The first-order valence-corrected chi connectivity index (χ1v) is 16.8. The number of ether oxygens (including phenoxy) is 3. The smallest absolute Gasteiger partial charge is 0.340 e. The van der Waals surface area contributed by atoms with Gasteiger partial charge in [-0.15, -0.1) is 12.4 Å². The summed E-state index contributed by atoms with van der Waals surface area (Å²) in [4.78, 5) is 31.8. The number of rotatable bonds is 7. The number of imidazole rings is 1. The number of benzene rings is 2. The van der Waals surface area contributed by atoms with Gasteiger partial charge < -0.3 is 44.8 Å². The zero-order chi connectivity index (χ0) is 38.3. The molecule has 2 aliphatic carbocycles. The largest absolute Gasteiger partial charge is 0.481 e. The van der Waals surface area contributed by atoms with Crippen LogP contribution in [0.3, 0.4) is 0 Å². The first-order valence-electron chi connectivity index (χ1n) is 16.8. The summed E-state index contributed by atoms with van der Waals surface area (Å²) in [6.07, 6.45) is 4.62. The van der Waals surface area contributed by atoms with Gasteiger partial charge in [0.2, 0.25) is 0 Å². The third-order valence-electron chi connectivity index (χ3n) is 8.48. The molecule has 2 fully saturated rings. The number of nitrogens with zero attached hydrogens (tertiary/aromatic N) is 3. The summed E-state index contributed by atoms with van der Waals surface area (Å²) >= 11 is 0. The van der Waals surface area contributed by atoms with E-state index in [2.05, 4.69) is 20.3 Å². The van der Waals surface area contributed by atoms with Gasteiger partial charge in [0.05, 0.1) is 60.2 Å². The van der Waals surface area contributed by atoms with Crippen LogP contribution in [0.5, 0.6) is 0 Å². The van der Waals surface area contributed by atoms with Crippen molar-refractivity contribution in [3.05, 3.63) is 64.1 Å². The van der Waals surface area contributed by atoms with E-state index >= 15 is 0 Å². The summed E-state index contributed by atoms with van der Waals surface area (Å²) in [5, 5.41) is 22.1. The van der Waals surface area contributed by atoms with Crippen LogP contribution in [0.2, 0.25) is 0 Å². The van der Waals surface area contributed by atoms with Crippen molar-refractivity contribution in [1.29, 1.82) is 5.41 Å². The molecular formula is C38H52ClN7O8. The van der Waals surface area contributed by atoms with Crippen molar-refractivity contribution in [1.82, 2.24) is 20.3 Å². The molecule has 0 atom stereocenters. The maximum Gasteiger partial charge on any atom is 0.340 e. The normalized spacial score (nSPS) is 12.6. The fraction of sp³-hybridized carbons (Fsp3) is 0.421. The number of carbonyl (C=O) groups is 2. The quantitative estimate of drug-likeness (QED) is 0.0467. The number of aromatic nitrogens is 4. The van der Waals surface area contributed by atoms with Crippen molar-refractivity contribution in [3.8, 4) is 22.3 Å². The number of methoxy groups -OCH3 is 2. The summed E-state index contributed by atoms with van der Waals surface area (Å²) in [7, 11) is 3.67. The Balaban J connectivity index is 0.000000294. The Labute approximate surface area is 321 Å². The lowest BCUT2D eigenvalue weighted by molar-refractivity contribution is 0.0593. The number of hydrogen-bond acceptors (Lipinski definition) is 14. The molecule has 15 nitrogen and oxygen atoms in total. The van der Waals surface area contributed by atoms with Crippen LogP contribution in [-0.2, 0) is 14.2 Å². The second kappa shape index (κ2) is 19.6. The van der Waals surface area contributed by atoms with Crippen LogP contribution < -0.4 is 11.5 Å². The molecule has 7 rings (SSSR count). The number of H-pyrrole nitrogens is 1. The molecular weight excluding hydrogens is 718 g/mol. The van der Waals surface area contributed by atoms with Crippen LogP contribution >= 0.6 is 12.4 Å². The van der Waals surface area contributed by atoms with Gasteiger partial charge in [0.1, 0.15) is 22.9 Å². The first-order chi connectivity index (χ1) is 24.9. The van der Waals surface area contributed by atoms with Crippen molar-refractivity contribution >= 4 is 52.7 Å². The van der Waals surface area contributed by atoms with Gasteiger partial charge in [-0.2, -0.15) is 0 Å². The number of anilines is 2. The number of esters is 2. The Morgan fingerprint density at radius 3 is 1.81 bits per heavy atom. The molecule has 7 N–H and O–H groups in total. The molecule has 0 aliphatic heterocycles. The zero-order valence-electron chi connectivity index (χ0n) is 31.2. The van der Waals surface area contributed by atoms with Crippen LogP contribution in [0.15, 0.2) is 33.3 Å². The van der Waals surface area contributed by atoms with Gasteiger partial charge in [0, 0.05) is 30.1 Å². The Morgan fingerprint density at radius 2 is 1.37 bits per heavy atom. The van der Waals surface area contributed by atoms with Gasteiger partial charge in [-0.25, -0.2) is 14.6 Å². The number of nitrogens with two attached hydrogens (primary N) is 2. The van der Waals surface area contributed by atoms with Gasteiger partial charge >= 0.3 is 11.9 Å². The zero-order valence-corrected chi connectivity index (χ0v) is 32.0. The van der Waals surface area contributed by atoms with Crippen LogP contribution in [0.4, 0.5) is 11.4 Å². The molecule has 16 heteroatoms. The molecule has 3 heterocycles. The maximum absolute atomic E-state index is 12.2. The summed E-state index contributed by atoms with van der Waals surface area (Å²) in [5.41, 5.74) is 19.2. The van der Waals surface area contributed by atoms with Crippen LogP contribution in [0.1, 0.15) is 95.4 Å². The molecule has 0 spiro atoms. The van der Waals surface area contributed by atoms with E-state index in [1.54, 1.807) is 25.1 Å². The molecule has 0 saturated heterocycles. The molecule has 294 valence electrons. The minimum absolute atomic E-state index is 0. The van der Waals surface area contributed by atoms with Gasteiger partial charge in [0.25, 0.3) is 0 Å². The van der Waals surface area contributed by atoms with E-state index in [1.165, 1.54) is 27.1 Å². The second-order valence-electron chi connectivity index (χ2n) is 12.3. The minimum Gasteiger partial charge on any atom is -0.481 e. The molecule has 0 amide bonds. The standard InChI is InChI=1S/C17H17N3O3.C13H15N3O3.C6H11NO.CH4O.CH4.ClH/c1-8-14(9(2)23-20-8)11-6-12(17(21)22-3)15-13(7-11)18-16(19-15)10-4-5-10;1-6-11(7(2)19-16-6)8-4-9(13(17)18-3)12(15)10(14)5-8;1-2-8-6(7)5-3-4-5;1-2;;/h6-7,10H,4-5H2,1-3H3,(H,18,19);4-5H,14-15H2,1-3H3;5,7H,2-4H2,1H3;2H,1H3;1H4;1H. The van der Waals surface area contributed by atoms with Crippen molar-refractivity contribution in [3.63, 3.8) is 0 Å². The van der Waals surface area contributed by atoms with Gasteiger partial charge in [-0.3, -0.25) is 5.41 Å². The highest BCUT2D eigenvalue weighted by Gasteiger charge is 2.29. The number of hydrogen-bond donors (Lipinski definition) is 5. The van der Waals surface area contributed by atoms with Crippen LogP contribution in [0.25, 0.3) is 33.3 Å². The minimum atomic E-state index is -0.530. The Kier molecular flexibility index (Phi) is 16.2. The van der Waals surface area contributed by atoms with Gasteiger partial charge in [0.15, 0.2) is 5.90 Å². The van der Waals surface area contributed by atoms with E-state index in [0.717, 1.165) is 70.7 Å². The summed E-state index contributed by atoms with van der Waals surface area (Å²) in [5.74, 6) is 2.85. The maximum atomic E-state index is 12.2. The molecule has 54 heavy (non-hydrogen) atoms. The number of nitrogens with one attached hydrogen (secondary N) is 2. The lowest BCUT2D eigenvalue weighted by Crippen LogP contribution is -2.08. The molecule has 3 aromatic heterocycles. The fourth-order valence-electron chi connectivity index (χ4n) is 5.60. The molecule has 0 unspecified atom stereocenters. The molecule has 2 aliphatic rings. The summed E-state index contributed by atoms with van der Waals surface area (Å²) in [6, 6.07) is 7.11. The SMILES string of the molecule is C.CCOC(=N)C1CC1.CO.COC(=O)c1cc(-c2c(C)noc2C)cc(N)c1N.COC(=O)c1cc(-c2c(C)noc2C)cc2[nH]c(C3CC3)nc12.Cl. The molecule has 2 aromatic carbocycles. The van der Waals surface area contributed by atoms with Gasteiger partial charge in [-0.05, 0) is 95.7 Å². The Hall–Kier alpha value is -5.41. The van der Waals surface area contributed by atoms with Crippen LogP contribution in [-0.4, -0.2) is 71.2 Å². The number of aryl methyl sites for hydroxylation is 4. The lowest BCUT2D eigenvalue weighted by Gasteiger charge is -2.10. The van der Waals surface area contributed by atoms with E-state index < -0.39 is 11.9 Å². The predicted octanol–water partition coefficient (Wildman–Crippen LogP) is 7.48. The van der Waals surface area contributed by atoms with E-state index in [9.17, 15) is 9.59 Å². The average molecular weight is 770 g/mol. The molecule has 2 saturated carbocycles. The molecule has 0 bridgehead atoms. The van der Waals surface area contributed by atoms with Crippen molar-refractivity contribution in [2.75, 3.05) is 39.4 Å². The number of aliphatic hydroxyl groups is 1. The number of aliphatic hydroxyl groups excluding tert-OH is 1. The van der Waals surface area contributed by atoms with Crippen molar-refractivity contribution in [2.24, 2.45) is 5.92 Å². The van der Waals surface area contributed by atoms with Crippen molar-refractivity contribution < 1.29 is 38.0 Å². The highest BCUT2D eigenvalue weighted by atomic mass is 35.5. The monoisotopic (exact) mass is 769 g/mol. The predicted molar refractivity (Wildman–Crippen MR) is 210 cm³/mol. The fourth-order valence-corrected chi connectivity index (χ4v) is 5.60. The number of aromatic amines is 1. The van der Waals surface area contributed by atoms with E-state index in [-0.39, 0.29) is 31.1 Å². The highest BCUT2D eigenvalue weighted by molar-refractivity contribution is 6.04. The molecule has 5 aromatic rings. The number of carbonyl (C=O) groups excluding carboxylic acids is 2. The van der Waals surface area contributed by atoms with Gasteiger partial charge in [-0.1, -0.05) is 17.7 Å². The number of fused-ring (bicyclic) bond motifs is 1. The summed E-state index contributed by atoms with van der Waals surface area (Å²) < 4.78 is 24.9. The third-order valence-corrected chi connectivity index (χ3v) is 8.48. The number of halogens is 1. The highest BCUT2D eigenvalue weighted by Crippen LogP contribution is 2.40. The third kappa shape index (κ3) is 10.2. The van der Waals surface area contributed by atoms with E-state index in [4.69, 9.17) is 45.2 Å². The average Bonchev–Trinajstić information content (AvgIpc) is 4.07. The van der Waals surface area contributed by atoms with E-state index in [0.29, 0.717) is 46.9 Å². The number of nitrogen functional groups attached to an aromatic ring is 2. The van der Waals surface area contributed by atoms with Crippen molar-refractivity contribution in [2.45, 2.75) is 73.6 Å². The lowest BCUT2D eigenvalue weighted by atomic mass is 9.99. The Morgan fingerprint density at radius 1 is 0.870 bits per heavy atom. The second-order valence-corrected chi connectivity index (χ2v) is 12.3. The Bertz CT molecular complexity index is 2020. The summed E-state index contributed by atoms with van der Waals surface area (Å²) in [6.45, 7) is 9.92. The molecule has 0 radical (unpaired) electrons. The first kappa shape index (κ1) is 44.7.